The van der Waals surface area contributed by atoms with Gasteiger partial charge in [0.25, 0.3) is 0 Å². The third-order valence-corrected chi connectivity index (χ3v) is 4.53. The van der Waals surface area contributed by atoms with Gasteiger partial charge >= 0.3 is 0 Å². The van der Waals surface area contributed by atoms with E-state index >= 15 is 0 Å². The van der Waals surface area contributed by atoms with Gasteiger partial charge in [-0.2, -0.15) is 0 Å². The van der Waals surface area contributed by atoms with Crippen LogP contribution in [0.15, 0.2) is 24.3 Å². The van der Waals surface area contributed by atoms with Crippen molar-refractivity contribution in [1.29, 1.82) is 0 Å². The predicted octanol–water partition coefficient (Wildman–Crippen LogP) is 2.00. The van der Waals surface area contributed by atoms with Crippen LogP contribution in [0.2, 0.25) is 0 Å². The summed E-state index contributed by atoms with van der Waals surface area (Å²) in [5, 5.41) is 0. The van der Waals surface area contributed by atoms with E-state index in [-0.39, 0.29) is 11.7 Å². The molecule has 0 radical (unpaired) electrons. The van der Waals surface area contributed by atoms with Crippen molar-refractivity contribution in [2.75, 3.05) is 19.7 Å². The summed E-state index contributed by atoms with van der Waals surface area (Å²) in [5.41, 5.74) is 6.02. The van der Waals surface area contributed by atoms with Crippen LogP contribution in [0.4, 0.5) is 4.39 Å². The second kappa shape index (κ2) is 5.73. The Morgan fingerprint density at radius 3 is 2.76 bits per heavy atom. The van der Waals surface area contributed by atoms with Gasteiger partial charge < -0.3 is 15.4 Å². The molecule has 1 aromatic carbocycles. The molecule has 0 bridgehead atoms. The van der Waals surface area contributed by atoms with Crippen LogP contribution in [0.3, 0.4) is 0 Å². The van der Waals surface area contributed by atoms with E-state index in [4.69, 9.17) is 10.5 Å². The van der Waals surface area contributed by atoms with Crippen LogP contribution in [-0.2, 0) is 9.53 Å². The van der Waals surface area contributed by atoms with Gasteiger partial charge in [-0.3, -0.25) is 4.79 Å². The molecule has 1 saturated carbocycles. The number of ether oxygens (including phenoxy) is 1. The Labute approximate surface area is 124 Å². The molecular weight excluding hydrogens is 271 g/mol. The Morgan fingerprint density at radius 1 is 1.33 bits per heavy atom. The Kier molecular flexibility index (Phi) is 3.95. The largest absolute Gasteiger partial charge is 0.370 e. The summed E-state index contributed by atoms with van der Waals surface area (Å²) in [6.07, 6.45) is 3.09. The van der Waals surface area contributed by atoms with Gasteiger partial charge in [-0.25, -0.2) is 4.39 Å². The fraction of sp³-hybridized carbons (Fsp3) is 0.562. The number of nitrogens with zero attached hydrogens (tertiary/aromatic N) is 1. The molecule has 2 aliphatic rings. The van der Waals surface area contributed by atoms with Gasteiger partial charge in [0.1, 0.15) is 11.9 Å². The number of amides is 1. The molecule has 1 amide bonds. The van der Waals surface area contributed by atoms with Gasteiger partial charge in [-0.1, -0.05) is 31.0 Å². The number of carbonyl (C=O) groups excluding carboxylic acids is 1. The quantitative estimate of drug-likeness (QED) is 0.907. The van der Waals surface area contributed by atoms with Crippen LogP contribution in [0.25, 0.3) is 0 Å². The van der Waals surface area contributed by atoms with Gasteiger partial charge in [0, 0.05) is 12.1 Å². The van der Waals surface area contributed by atoms with Crippen LogP contribution >= 0.6 is 0 Å². The average molecular weight is 292 g/mol. The van der Waals surface area contributed by atoms with E-state index in [1.807, 2.05) is 0 Å². The summed E-state index contributed by atoms with van der Waals surface area (Å²) >= 11 is 0. The number of nitrogens with two attached hydrogens (primary N) is 1. The van der Waals surface area contributed by atoms with E-state index in [1.54, 1.807) is 23.1 Å². The lowest BCUT2D eigenvalue weighted by Gasteiger charge is -2.37. The molecule has 1 heterocycles. The number of hydrogen-bond acceptors (Lipinski definition) is 3. The lowest BCUT2D eigenvalue weighted by atomic mass is 9.96. The first-order valence-electron chi connectivity index (χ1n) is 7.54. The maximum atomic E-state index is 13.9. The van der Waals surface area contributed by atoms with Gasteiger partial charge in [0.05, 0.1) is 18.7 Å². The van der Waals surface area contributed by atoms with Gasteiger partial charge in [-0.05, 0) is 18.9 Å². The van der Waals surface area contributed by atoms with Crippen molar-refractivity contribution in [3.8, 4) is 0 Å². The number of halogens is 1. The second-order valence-electron chi connectivity index (χ2n) is 6.00. The molecule has 2 N–H and O–H groups in total. The third-order valence-electron chi connectivity index (χ3n) is 4.53. The van der Waals surface area contributed by atoms with Crippen LogP contribution in [-0.4, -0.2) is 36.0 Å². The molecule has 2 fully saturated rings. The summed E-state index contributed by atoms with van der Waals surface area (Å²) in [4.78, 5) is 14.4. The first-order chi connectivity index (χ1) is 10.1. The van der Waals surface area contributed by atoms with Crippen molar-refractivity contribution in [3.63, 3.8) is 0 Å². The van der Waals surface area contributed by atoms with Crippen molar-refractivity contribution >= 4 is 5.91 Å². The van der Waals surface area contributed by atoms with Crippen LogP contribution < -0.4 is 5.73 Å². The fourth-order valence-corrected chi connectivity index (χ4v) is 3.29. The summed E-state index contributed by atoms with van der Waals surface area (Å²) in [6.45, 7) is 1.32. The number of benzene rings is 1. The highest BCUT2D eigenvalue weighted by Gasteiger charge is 2.41. The van der Waals surface area contributed by atoms with Crippen molar-refractivity contribution in [2.24, 2.45) is 5.73 Å². The molecule has 3 rings (SSSR count). The highest BCUT2D eigenvalue weighted by molar-refractivity contribution is 5.86. The van der Waals surface area contributed by atoms with E-state index < -0.39 is 11.6 Å². The molecule has 1 aliphatic heterocycles. The fourth-order valence-electron chi connectivity index (χ4n) is 3.29. The number of rotatable bonds is 2. The molecule has 1 aliphatic carbocycles. The topological polar surface area (TPSA) is 55.6 Å². The van der Waals surface area contributed by atoms with E-state index in [0.717, 1.165) is 25.7 Å². The SMILES string of the molecule is NC1(C(=O)N2CCOC(c3ccccc3F)C2)CCCC1. The lowest BCUT2D eigenvalue weighted by Crippen LogP contribution is -2.56. The zero-order chi connectivity index (χ0) is 14.9. The minimum atomic E-state index is -0.725. The van der Waals surface area contributed by atoms with E-state index in [1.165, 1.54) is 6.07 Å². The molecule has 114 valence electrons. The van der Waals surface area contributed by atoms with Crippen molar-refractivity contribution in [2.45, 2.75) is 37.3 Å². The normalized spacial score (nSPS) is 25.0. The zero-order valence-corrected chi connectivity index (χ0v) is 12.1. The van der Waals surface area contributed by atoms with Crippen LogP contribution in [0.5, 0.6) is 0 Å². The van der Waals surface area contributed by atoms with Crippen molar-refractivity contribution in [3.05, 3.63) is 35.6 Å². The number of morpholine rings is 1. The first kappa shape index (κ1) is 14.5. The standard InChI is InChI=1S/C16H21FN2O2/c17-13-6-2-1-5-12(13)14-11-19(9-10-21-14)15(20)16(18)7-3-4-8-16/h1-2,5-6,14H,3-4,7-11,18H2. The summed E-state index contributed by atoms with van der Waals surface area (Å²) in [7, 11) is 0. The Balaban J connectivity index is 1.74. The van der Waals surface area contributed by atoms with Crippen molar-refractivity contribution in [1.82, 2.24) is 4.90 Å². The molecule has 1 unspecified atom stereocenters. The van der Waals surface area contributed by atoms with Gasteiger partial charge in [-0.15, -0.1) is 0 Å². The molecule has 5 heteroatoms. The van der Waals surface area contributed by atoms with Crippen molar-refractivity contribution < 1.29 is 13.9 Å². The minimum Gasteiger partial charge on any atom is -0.370 e. The molecule has 4 nitrogen and oxygen atoms in total. The minimum absolute atomic E-state index is 0.00959. The number of carbonyl (C=O) groups is 1. The monoisotopic (exact) mass is 292 g/mol. The Bertz CT molecular complexity index is 529. The molecular formula is C16H21FN2O2. The highest BCUT2D eigenvalue weighted by Crippen LogP contribution is 2.31. The summed E-state index contributed by atoms with van der Waals surface area (Å²) in [6, 6.07) is 6.56. The predicted molar refractivity (Wildman–Crippen MR) is 77.1 cm³/mol. The molecule has 1 saturated heterocycles. The molecule has 21 heavy (non-hydrogen) atoms. The van der Waals surface area contributed by atoms with E-state index in [9.17, 15) is 9.18 Å². The Morgan fingerprint density at radius 2 is 2.05 bits per heavy atom. The maximum absolute atomic E-state index is 13.9. The number of hydrogen-bond donors (Lipinski definition) is 1. The molecule has 1 aromatic rings. The van der Waals surface area contributed by atoms with E-state index in [2.05, 4.69) is 0 Å². The third kappa shape index (κ3) is 2.80. The smallest absolute Gasteiger partial charge is 0.242 e. The lowest BCUT2D eigenvalue weighted by molar-refractivity contribution is -0.144. The van der Waals surface area contributed by atoms with Crippen LogP contribution in [0, 0.1) is 5.82 Å². The average Bonchev–Trinajstić information content (AvgIpc) is 2.95. The zero-order valence-electron chi connectivity index (χ0n) is 12.1. The first-order valence-corrected chi connectivity index (χ1v) is 7.54. The molecule has 1 atom stereocenters. The second-order valence-corrected chi connectivity index (χ2v) is 6.00. The molecule has 0 spiro atoms. The highest BCUT2D eigenvalue weighted by atomic mass is 19.1. The summed E-state index contributed by atoms with van der Waals surface area (Å²) < 4.78 is 19.5. The van der Waals surface area contributed by atoms with Gasteiger partial charge in [0.15, 0.2) is 0 Å². The van der Waals surface area contributed by atoms with E-state index in [0.29, 0.717) is 25.3 Å². The van der Waals surface area contributed by atoms with Crippen LogP contribution in [0.1, 0.15) is 37.4 Å². The Hall–Kier alpha value is -1.46. The summed E-state index contributed by atoms with van der Waals surface area (Å²) in [5.74, 6) is -0.301. The maximum Gasteiger partial charge on any atom is 0.242 e. The molecule has 0 aromatic heterocycles. The van der Waals surface area contributed by atoms with Gasteiger partial charge in [0.2, 0.25) is 5.91 Å².